The molecule has 0 aliphatic rings. The van der Waals surface area contributed by atoms with Gasteiger partial charge in [0.25, 0.3) is 0 Å². The predicted octanol–water partition coefficient (Wildman–Crippen LogP) is 5.44. The van der Waals surface area contributed by atoms with E-state index in [2.05, 4.69) is 64.1 Å². The molecule has 0 bridgehead atoms. The molecule has 2 aromatic rings. The minimum atomic E-state index is -2.18. The summed E-state index contributed by atoms with van der Waals surface area (Å²) in [6.07, 6.45) is 2.04. The second-order valence-corrected chi connectivity index (χ2v) is 10.8. The van der Waals surface area contributed by atoms with Crippen LogP contribution in [0.4, 0.5) is 0 Å². The SMILES string of the molecule is CO[Si](CCc1ccc(C)cc1C)(CCc1ccc(C)cc1C)OC. The average molecular weight is 357 g/mol. The van der Waals surface area contributed by atoms with Crippen LogP contribution in [-0.2, 0) is 21.7 Å². The Morgan fingerprint density at radius 3 is 1.40 bits per heavy atom. The van der Waals surface area contributed by atoms with Crippen molar-refractivity contribution in [2.45, 2.75) is 52.6 Å². The molecule has 0 atom stereocenters. The van der Waals surface area contributed by atoms with Crippen LogP contribution < -0.4 is 0 Å². The summed E-state index contributed by atoms with van der Waals surface area (Å²) in [7, 11) is 1.46. The van der Waals surface area contributed by atoms with Gasteiger partial charge in [-0.15, -0.1) is 0 Å². The Morgan fingerprint density at radius 1 is 0.680 bits per heavy atom. The zero-order valence-corrected chi connectivity index (χ0v) is 17.6. The van der Waals surface area contributed by atoms with Crippen LogP contribution >= 0.6 is 0 Å². The van der Waals surface area contributed by atoms with Gasteiger partial charge in [-0.2, -0.15) is 0 Å². The van der Waals surface area contributed by atoms with Crippen molar-refractivity contribution >= 4 is 8.56 Å². The Balaban J connectivity index is 2.06. The van der Waals surface area contributed by atoms with Gasteiger partial charge in [0.1, 0.15) is 0 Å². The van der Waals surface area contributed by atoms with Gasteiger partial charge < -0.3 is 8.85 Å². The van der Waals surface area contributed by atoms with Crippen LogP contribution in [0.25, 0.3) is 0 Å². The molecule has 0 unspecified atom stereocenters. The van der Waals surface area contributed by atoms with Crippen LogP contribution in [0.3, 0.4) is 0 Å². The molecule has 136 valence electrons. The summed E-state index contributed by atoms with van der Waals surface area (Å²) < 4.78 is 11.9. The molecule has 2 aromatic carbocycles. The van der Waals surface area contributed by atoms with Crippen molar-refractivity contribution in [1.29, 1.82) is 0 Å². The fraction of sp³-hybridized carbons (Fsp3) is 0.455. The molecule has 0 amide bonds. The molecule has 0 saturated carbocycles. The first-order valence-electron chi connectivity index (χ1n) is 9.12. The Labute approximate surface area is 154 Å². The number of hydrogen-bond acceptors (Lipinski definition) is 2. The van der Waals surface area contributed by atoms with Crippen molar-refractivity contribution in [1.82, 2.24) is 0 Å². The summed E-state index contributed by atoms with van der Waals surface area (Å²) in [6, 6.07) is 15.4. The van der Waals surface area contributed by atoms with Crippen molar-refractivity contribution in [3.05, 3.63) is 69.8 Å². The molecule has 0 aliphatic heterocycles. The fourth-order valence-electron chi connectivity index (χ4n) is 3.52. The van der Waals surface area contributed by atoms with Gasteiger partial charge in [0, 0.05) is 14.2 Å². The molecular weight excluding hydrogens is 324 g/mol. The molecule has 0 fully saturated rings. The van der Waals surface area contributed by atoms with Crippen molar-refractivity contribution in [3.63, 3.8) is 0 Å². The topological polar surface area (TPSA) is 18.5 Å². The van der Waals surface area contributed by atoms with Crippen molar-refractivity contribution in [2.75, 3.05) is 14.2 Å². The van der Waals surface area contributed by atoms with Crippen LogP contribution in [0, 0.1) is 27.7 Å². The molecule has 2 nitrogen and oxygen atoms in total. The third-order valence-corrected chi connectivity index (χ3v) is 8.80. The zero-order valence-electron chi connectivity index (χ0n) is 16.6. The molecule has 25 heavy (non-hydrogen) atoms. The second-order valence-electron chi connectivity index (χ2n) is 7.18. The molecule has 0 aromatic heterocycles. The third-order valence-electron chi connectivity index (χ3n) is 5.29. The Hall–Kier alpha value is -1.42. The first-order valence-corrected chi connectivity index (χ1v) is 11.3. The van der Waals surface area contributed by atoms with E-state index in [1.54, 1.807) is 0 Å². The van der Waals surface area contributed by atoms with E-state index < -0.39 is 8.56 Å². The molecule has 0 spiro atoms. The lowest BCUT2D eigenvalue weighted by atomic mass is 10.0. The molecule has 0 N–H and O–H groups in total. The lowest BCUT2D eigenvalue weighted by molar-refractivity contribution is 0.241. The van der Waals surface area contributed by atoms with Gasteiger partial charge in [-0.05, 0) is 74.9 Å². The molecule has 0 aliphatic carbocycles. The van der Waals surface area contributed by atoms with E-state index >= 15 is 0 Å². The van der Waals surface area contributed by atoms with Crippen LogP contribution in [0.1, 0.15) is 33.4 Å². The minimum Gasteiger partial charge on any atom is -0.398 e. The van der Waals surface area contributed by atoms with E-state index in [-0.39, 0.29) is 0 Å². The summed E-state index contributed by atoms with van der Waals surface area (Å²) >= 11 is 0. The summed E-state index contributed by atoms with van der Waals surface area (Å²) in [5, 5.41) is 0. The first kappa shape index (κ1) is 19.9. The quantitative estimate of drug-likeness (QED) is 0.586. The van der Waals surface area contributed by atoms with Crippen LogP contribution in [0.5, 0.6) is 0 Å². The standard InChI is InChI=1S/C22H32O2Si/c1-17-7-9-21(19(3)15-17)11-13-25(23-5,24-6)14-12-22-10-8-18(2)16-20(22)4/h7-10,15-16H,11-14H2,1-6H3. The lowest BCUT2D eigenvalue weighted by Gasteiger charge is -2.28. The highest BCUT2D eigenvalue weighted by molar-refractivity contribution is 6.67. The van der Waals surface area contributed by atoms with Gasteiger partial charge in [0.2, 0.25) is 0 Å². The van der Waals surface area contributed by atoms with Gasteiger partial charge in [0.15, 0.2) is 0 Å². The highest BCUT2D eigenvalue weighted by Crippen LogP contribution is 2.25. The maximum atomic E-state index is 5.97. The average Bonchev–Trinajstić information content (AvgIpc) is 2.58. The summed E-state index contributed by atoms with van der Waals surface area (Å²) in [6.45, 7) is 8.68. The number of aryl methyl sites for hydroxylation is 6. The predicted molar refractivity (Wildman–Crippen MR) is 109 cm³/mol. The maximum absolute atomic E-state index is 5.97. The normalized spacial score (nSPS) is 11.8. The van der Waals surface area contributed by atoms with Gasteiger partial charge in [-0.25, -0.2) is 0 Å². The minimum absolute atomic E-state index is 0.995. The second kappa shape index (κ2) is 8.79. The largest absolute Gasteiger partial charge is 0.398 e. The van der Waals surface area contributed by atoms with Gasteiger partial charge in [-0.1, -0.05) is 47.5 Å². The molecule has 0 saturated heterocycles. The van der Waals surface area contributed by atoms with Crippen molar-refractivity contribution in [3.8, 4) is 0 Å². The first-order chi connectivity index (χ1) is 11.9. The van der Waals surface area contributed by atoms with Crippen LogP contribution in [-0.4, -0.2) is 22.8 Å². The summed E-state index contributed by atoms with van der Waals surface area (Å²) in [4.78, 5) is 0. The van der Waals surface area contributed by atoms with Crippen molar-refractivity contribution < 1.29 is 8.85 Å². The molecular formula is C22H32O2Si. The lowest BCUT2D eigenvalue weighted by Crippen LogP contribution is -2.41. The Morgan fingerprint density at radius 2 is 1.08 bits per heavy atom. The Bertz CT molecular complexity index is 648. The van der Waals surface area contributed by atoms with Crippen molar-refractivity contribution in [2.24, 2.45) is 0 Å². The van der Waals surface area contributed by atoms with Crippen LogP contribution in [0.2, 0.25) is 12.1 Å². The summed E-state index contributed by atoms with van der Waals surface area (Å²) in [5.74, 6) is 0. The maximum Gasteiger partial charge on any atom is 0.338 e. The molecule has 2 rings (SSSR count). The van der Waals surface area contributed by atoms with E-state index in [1.807, 2.05) is 14.2 Å². The number of rotatable bonds is 8. The van der Waals surface area contributed by atoms with E-state index in [4.69, 9.17) is 8.85 Å². The van der Waals surface area contributed by atoms with E-state index in [0.29, 0.717) is 0 Å². The van der Waals surface area contributed by atoms with E-state index in [9.17, 15) is 0 Å². The highest BCUT2D eigenvalue weighted by atomic mass is 28.4. The van der Waals surface area contributed by atoms with Gasteiger partial charge >= 0.3 is 8.56 Å². The van der Waals surface area contributed by atoms with Gasteiger partial charge in [0.05, 0.1) is 0 Å². The molecule has 3 heteroatoms. The van der Waals surface area contributed by atoms with E-state index in [0.717, 1.165) is 24.9 Å². The zero-order chi connectivity index (χ0) is 18.4. The third kappa shape index (κ3) is 5.27. The van der Waals surface area contributed by atoms with Gasteiger partial charge in [-0.3, -0.25) is 0 Å². The highest BCUT2D eigenvalue weighted by Gasteiger charge is 2.34. The summed E-state index contributed by atoms with van der Waals surface area (Å²) in [5.41, 5.74) is 8.18. The fourth-order valence-corrected chi connectivity index (χ4v) is 6.05. The monoisotopic (exact) mass is 356 g/mol. The number of benzene rings is 2. The van der Waals surface area contributed by atoms with E-state index in [1.165, 1.54) is 33.4 Å². The number of hydrogen-bond donors (Lipinski definition) is 0. The smallest absolute Gasteiger partial charge is 0.338 e. The molecule has 0 radical (unpaired) electrons. The van der Waals surface area contributed by atoms with Crippen LogP contribution in [0.15, 0.2) is 36.4 Å². The molecule has 0 heterocycles. The Kier molecular flexibility index (Phi) is 7.00.